The van der Waals surface area contributed by atoms with Gasteiger partial charge in [-0.25, -0.2) is 9.97 Å². The number of aromatic nitrogens is 2. The lowest BCUT2D eigenvalue weighted by atomic mass is 10.1. The predicted octanol–water partition coefficient (Wildman–Crippen LogP) is 1.82. The van der Waals surface area contributed by atoms with Crippen molar-refractivity contribution in [3.63, 3.8) is 0 Å². The molecule has 5 heteroatoms. The van der Waals surface area contributed by atoms with Gasteiger partial charge in [0, 0.05) is 25.1 Å². The Labute approximate surface area is 108 Å². The first kappa shape index (κ1) is 13.2. The van der Waals surface area contributed by atoms with E-state index >= 15 is 0 Å². The standard InChI is InChI=1S/C13H21N3O2/c1-10(2)18-6-4-14-13-7-12(15-9-16-13)11-3-5-17-8-11/h7,9-11H,3-6,8H2,1-2H3,(H,14,15,16)/t11-/m0/s1. The Balaban J connectivity index is 1.83. The lowest BCUT2D eigenvalue weighted by Gasteiger charge is -2.11. The van der Waals surface area contributed by atoms with Crippen molar-refractivity contribution >= 4 is 5.82 Å². The van der Waals surface area contributed by atoms with E-state index in [9.17, 15) is 0 Å². The van der Waals surface area contributed by atoms with E-state index in [-0.39, 0.29) is 6.10 Å². The van der Waals surface area contributed by atoms with Crippen LogP contribution in [0.5, 0.6) is 0 Å². The largest absolute Gasteiger partial charge is 0.381 e. The monoisotopic (exact) mass is 251 g/mol. The molecule has 1 fully saturated rings. The zero-order valence-corrected chi connectivity index (χ0v) is 11.1. The van der Waals surface area contributed by atoms with E-state index in [0.29, 0.717) is 12.5 Å². The second-order valence-corrected chi connectivity index (χ2v) is 4.73. The van der Waals surface area contributed by atoms with Crippen LogP contribution in [-0.2, 0) is 9.47 Å². The van der Waals surface area contributed by atoms with Gasteiger partial charge >= 0.3 is 0 Å². The van der Waals surface area contributed by atoms with E-state index in [1.165, 1.54) is 0 Å². The Kier molecular flexibility index (Phi) is 4.90. The Morgan fingerprint density at radius 3 is 3.11 bits per heavy atom. The third-order valence-corrected chi connectivity index (χ3v) is 2.90. The highest BCUT2D eigenvalue weighted by Crippen LogP contribution is 2.24. The van der Waals surface area contributed by atoms with E-state index in [0.717, 1.165) is 37.7 Å². The summed E-state index contributed by atoms with van der Waals surface area (Å²) in [6.45, 7) is 7.11. The molecule has 1 aliphatic rings. The summed E-state index contributed by atoms with van der Waals surface area (Å²) in [5.41, 5.74) is 1.06. The van der Waals surface area contributed by atoms with Gasteiger partial charge in [-0.3, -0.25) is 0 Å². The summed E-state index contributed by atoms with van der Waals surface area (Å²) >= 11 is 0. The minimum absolute atomic E-state index is 0.267. The molecule has 1 saturated heterocycles. The van der Waals surface area contributed by atoms with Gasteiger partial charge in [0.2, 0.25) is 0 Å². The molecule has 100 valence electrons. The van der Waals surface area contributed by atoms with Crippen molar-refractivity contribution in [2.45, 2.75) is 32.3 Å². The molecular formula is C13H21N3O2. The average Bonchev–Trinajstić information content (AvgIpc) is 2.89. The molecule has 1 aromatic heterocycles. The molecule has 1 N–H and O–H groups in total. The summed E-state index contributed by atoms with van der Waals surface area (Å²) in [6, 6.07) is 2.01. The van der Waals surface area contributed by atoms with E-state index < -0.39 is 0 Å². The van der Waals surface area contributed by atoms with Crippen molar-refractivity contribution in [1.29, 1.82) is 0 Å². The molecule has 0 radical (unpaired) electrons. The molecule has 1 aliphatic heterocycles. The van der Waals surface area contributed by atoms with E-state index in [2.05, 4.69) is 15.3 Å². The fourth-order valence-electron chi connectivity index (χ4n) is 1.93. The van der Waals surface area contributed by atoms with E-state index in [1.807, 2.05) is 19.9 Å². The fourth-order valence-corrected chi connectivity index (χ4v) is 1.93. The van der Waals surface area contributed by atoms with Gasteiger partial charge in [-0.2, -0.15) is 0 Å². The number of nitrogens with zero attached hydrogens (tertiary/aromatic N) is 2. The summed E-state index contributed by atoms with van der Waals surface area (Å²) in [7, 11) is 0. The minimum atomic E-state index is 0.267. The highest BCUT2D eigenvalue weighted by molar-refractivity contribution is 5.35. The van der Waals surface area contributed by atoms with Gasteiger partial charge in [-0.15, -0.1) is 0 Å². The van der Waals surface area contributed by atoms with E-state index in [1.54, 1.807) is 6.33 Å². The number of anilines is 1. The SMILES string of the molecule is CC(C)OCCNc1cc([C@H]2CCOC2)ncn1. The summed E-state index contributed by atoms with van der Waals surface area (Å²) in [5.74, 6) is 1.28. The smallest absolute Gasteiger partial charge is 0.129 e. The summed E-state index contributed by atoms with van der Waals surface area (Å²) in [6.07, 6.45) is 2.93. The first-order valence-corrected chi connectivity index (χ1v) is 6.51. The quantitative estimate of drug-likeness (QED) is 0.781. The van der Waals surface area contributed by atoms with Crippen LogP contribution in [0.2, 0.25) is 0 Å². The van der Waals surface area contributed by atoms with Crippen molar-refractivity contribution in [2.24, 2.45) is 0 Å². The second kappa shape index (κ2) is 6.66. The summed E-state index contributed by atoms with van der Waals surface area (Å²) < 4.78 is 10.8. The molecule has 0 saturated carbocycles. The van der Waals surface area contributed by atoms with Crippen LogP contribution in [0.1, 0.15) is 31.9 Å². The Morgan fingerprint density at radius 1 is 1.50 bits per heavy atom. The van der Waals surface area contributed by atoms with Crippen LogP contribution in [0, 0.1) is 0 Å². The molecular weight excluding hydrogens is 230 g/mol. The van der Waals surface area contributed by atoms with Crippen molar-refractivity contribution in [3.8, 4) is 0 Å². The lowest BCUT2D eigenvalue weighted by molar-refractivity contribution is 0.0870. The number of rotatable bonds is 6. The van der Waals surface area contributed by atoms with Crippen LogP contribution in [-0.4, -0.2) is 42.4 Å². The Bertz CT molecular complexity index is 365. The lowest BCUT2D eigenvalue weighted by Crippen LogP contribution is -2.14. The highest BCUT2D eigenvalue weighted by Gasteiger charge is 2.19. The Morgan fingerprint density at radius 2 is 2.39 bits per heavy atom. The van der Waals surface area contributed by atoms with Gasteiger partial charge in [-0.1, -0.05) is 0 Å². The van der Waals surface area contributed by atoms with Crippen LogP contribution >= 0.6 is 0 Å². The van der Waals surface area contributed by atoms with Crippen LogP contribution in [0.25, 0.3) is 0 Å². The minimum Gasteiger partial charge on any atom is -0.381 e. The Hall–Kier alpha value is -1.20. The number of nitrogens with one attached hydrogen (secondary N) is 1. The van der Waals surface area contributed by atoms with Gasteiger partial charge in [0.05, 0.1) is 25.0 Å². The molecule has 2 rings (SSSR count). The number of hydrogen-bond acceptors (Lipinski definition) is 5. The molecule has 0 bridgehead atoms. The zero-order valence-electron chi connectivity index (χ0n) is 11.1. The molecule has 0 spiro atoms. The molecule has 5 nitrogen and oxygen atoms in total. The van der Waals surface area contributed by atoms with Crippen molar-refractivity contribution in [1.82, 2.24) is 9.97 Å². The molecule has 0 unspecified atom stereocenters. The maximum Gasteiger partial charge on any atom is 0.129 e. The predicted molar refractivity (Wildman–Crippen MR) is 69.8 cm³/mol. The molecule has 1 atom stereocenters. The maximum absolute atomic E-state index is 5.47. The van der Waals surface area contributed by atoms with Crippen molar-refractivity contribution < 1.29 is 9.47 Å². The van der Waals surface area contributed by atoms with Gasteiger partial charge in [0.1, 0.15) is 12.1 Å². The van der Waals surface area contributed by atoms with Crippen LogP contribution in [0.15, 0.2) is 12.4 Å². The van der Waals surface area contributed by atoms with Crippen LogP contribution in [0.3, 0.4) is 0 Å². The number of hydrogen-bond donors (Lipinski definition) is 1. The van der Waals surface area contributed by atoms with Gasteiger partial charge in [0.25, 0.3) is 0 Å². The van der Waals surface area contributed by atoms with Crippen LogP contribution < -0.4 is 5.32 Å². The third kappa shape index (κ3) is 3.92. The van der Waals surface area contributed by atoms with Gasteiger partial charge in [-0.05, 0) is 20.3 Å². The molecule has 0 amide bonds. The maximum atomic E-state index is 5.47. The number of ether oxygens (including phenoxy) is 2. The van der Waals surface area contributed by atoms with Crippen molar-refractivity contribution in [2.75, 3.05) is 31.7 Å². The summed E-state index contributed by atoms with van der Waals surface area (Å²) in [4.78, 5) is 8.52. The zero-order chi connectivity index (χ0) is 12.8. The topological polar surface area (TPSA) is 56.3 Å². The second-order valence-electron chi connectivity index (χ2n) is 4.73. The van der Waals surface area contributed by atoms with Crippen LogP contribution in [0.4, 0.5) is 5.82 Å². The molecule has 1 aromatic rings. The first-order chi connectivity index (χ1) is 8.75. The molecule has 0 aromatic carbocycles. The van der Waals surface area contributed by atoms with Gasteiger partial charge < -0.3 is 14.8 Å². The van der Waals surface area contributed by atoms with Gasteiger partial charge in [0.15, 0.2) is 0 Å². The third-order valence-electron chi connectivity index (χ3n) is 2.90. The van der Waals surface area contributed by atoms with E-state index in [4.69, 9.17) is 9.47 Å². The fraction of sp³-hybridized carbons (Fsp3) is 0.692. The molecule has 0 aliphatic carbocycles. The normalized spacial score (nSPS) is 19.4. The van der Waals surface area contributed by atoms with Crippen molar-refractivity contribution in [3.05, 3.63) is 18.1 Å². The first-order valence-electron chi connectivity index (χ1n) is 6.51. The molecule has 2 heterocycles. The molecule has 18 heavy (non-hydrogen) atoms. The average molecular weight is 251 g/mol. The highest BCUT2D eigenvalue weighted by atomic mass is 16.5. The summed E-state index contributed by atoms with van der Waals surface area (Å²) in [5, 5.41) is 3.25.